The second kappa shape index (κ2) is 9.34. The van der Waals surface area contributed by atoms with Gasteiger partial charge in [0.25, 0.3) is 5.56 Å². The third kappa shape index (κ3) is 4.35. The summed E-state index contributed by atoms with van der Waals surface area (Å²) >= 11 is 0. The first-order valence-corrected chi connectivity index (χ1v) is 12.3. The lowest BCUT2D eigenvalue weighted by Crippen LogP contribution is -2.46. The summed E-state index contributed by atoms with van der Waals surface area (Å²) in [6.45, 7) is 5.21. The minimum Gasteiger partial charge on any atom is -0.368 e. The van der Waals surface area contributed by atoms with Crippen LogP contribution >= 0.6 is 0 Å². The van der Waals surface area contributed by atoms with Crippen molar-refractivity contribution in [3.8, 4) is 5.69 Å². The molecule has 37 heavy (non-hydrogen) atoms. The Hall–Kier alpha value is -4.79. The van der Waals surface area contributed by atoms with Gasteiger partial charge in [-0.2, -0.15) is 0 Å². The Labute approximate surface area is 212 Å². The maximum absolute atomic E-state index is 13.2. The second-order valence-corrected chi connectivity index (χ2v) is 9.16. The van der Waals surface area contributed by atoms with Gasteiger partial charge in [0.15, 0.2) is 0 Å². The molecular weight excluding hydrogens is 466 g/mol. The lowest BCUT2D eigenvalue weighted by Gasteiger charge is -2.37. The van der Waals surface area contributed by atoms with Gasteiger partial charge < -0.3 is 19.8 Å². The number of aliphatic imine (C=N–C) groups is 1. The van der Waals surface area contributed by atoms with Gasteiger partial charge in [0.1, 0.15) is 0 Å². The van der Waals surface area contributed by atoms with Crippen molar-refractivity contribution in [1.29, 1.82) is 0 Å². The third-order valence-corrected chi connectivity index (χ3v) is 6.82. The number of benzene rings is 3. The van der Waals surface area contributed by atoms with Gasteiger partial charge in [-0.25, -0.2) is 9.48 Å². The Morgan fingerprint density at radius 2 is 1.38 bits per heavy atom. The zero-order chi connectivity index (χ0) is 25.4. The van der Waals surface area contributed by atoms with Crippen molar-refractivity contribution in [2.45, 2.75) is 6.92 Å². The number of piperazine rings is 1. The molecule has 0 amide bonds. The molecule has 0 radical (unpaired) electrons. The summed E-state index contributed by atoms with van der Waals surface area (Å²) < 4.78 is 1.52. The Morgan fingerprint density at radius 1 is 0.784 bits per heavy atom. The van der Waals surface area contributed by atoms with Crippen LogP contribution < -0.4 is 21.0 Å². The van der Waals surface area contributed by atoms with Crippen LogP contribution in [0, 0.1) is 6.92 Å². The Kier molecular flexibility index (Phi) is 5.72. The summed E-state index contributed by atoms with van der Waals surface area (Å²) in [6, 6.07) is 23.7. The van der Waals surface area contributed by atoms with Crippen molar-refractivity contribution >= 4 is 34.3 Å². The summed E-state index contributed by atoms with van der Waals surface area (Å²) in [6.07, 6.45) is 1.61. The highest BCUT2D eigenvalue weighted by Gasteiger charge is 2.21. The molecule has 0 atom stereocenters. The van der Waals surface area contributed by atoms with Crippen LogP contribution in [-0.4, -0.2) is 52.1 Å². The number of aromatic amines is 3. The van der Waals surface area contributed by atoms with E-state index in [1.54, 1.807) is 6.21 Å². The fourth-order valence-electron chi connectivity index (χ4n) is 4.87. The van der Waals surface area contributed by atoms with Crippen molar-refractivity contribution in [2.75, 3.05) is 36.0 Å². The molecular formula is C28H27N7O2. The zero-order valence-electron chi connectivity index (χ0n) is 20.4. The normalized spacial score (nSPS) is 14.2. The number of nitrogens with zero attached hydrogens (tertiary/aromatic N) is 4. The van der Waals surface area contributed by atoms with Gasteiger partial charge in [0, 0.05) is 43.8 Å². The van der Waals surface area contributed by atoms with E-state index in [4.69, 9.17) is 4.99 Å². The number of hydrogen-bond donors (Lipinski definition) is 3. The van der Waals surface area contributed by atoms with Crippen LogP contribution in [0.15, 0.2) is 87.4 Å². The highest BCUT2D eigenvalue weighted by molar-refractivity contribution is 5.91. The van der Waals surface area contributed by atoms with Crippen LogP contribution in [0.1, 0.15) is 11.3 Å². The van der Waals surface area contributed by atoms with Crippen LogP contribution in [0.4, 0.5) is 17.1 Å². The molecule has 3 aromatic carbocycles. The SMILES string of the molecule is Cc1[nH]n(-c2ccccc2)c(=O)c1C=Nc1cc2[nH]c(=O)[nH]c2cc1N1CCN(c2ccccc2)CC1. The number of para-hydroxylation sites is 2. The summed E-state index contributed by atoms with van der Waals surface area (Å²) in [5.74, 6) is 0. The van der Waals surface area contributed by atoms with Gasteiger partial charge in [-0.1, -0.05) is 36.4 Å². The molecule has 6 rings (SSSR count). The number of hydrogen-bond acceptors (Lipinski definition) is 5. The van der Waals surface area contributed by atoms with E-state index in [1.807, 2.05) is 55.5 Å². The summed E-state index contributed by atoms with van der Waals surface area (Å²) in [5.41, 5.74) is 5.79. The van der Waals surface area contributed by atoms with E-state index in [1.165, 1.54) is 10.4 Å². The fraction of sp³-hybridized carbons (Fsp3) is 0.179. The summed E-state index contributed by atoms with van der Waals surface area (Å²) in [5, 5.41) is 3.14. The summed E-state index contributed by atoms with van der Waals surface area (Å²) in [7, 11) is 0. The average Bonchev–Trinajstić information content (AvgIpc) is 3.44. The number of H-pyrrole nitrogens is 3. The van der Waals surface area contributed by atoms with E-state index in [2.05, 4.69) is 49.1 Å². The van der Waals surface area contributed by atoms with Crippen LogP contribution in [-0.2, 0) is 0 Å². The fourth-order valence-corrected chi connectivity index (χ4v) is 4.87. The maximum Gasteiger partial charge on any atom is 0.323 e. The number of rotatable bonds is 5. The zero-order valence-corrected chi connectivity index (χ0v) is 20.4. The van der Waals surface area contributed by atoms with E-state index in [9.17, 15) is 9.59 Å². The molecule has 9 nitrogen and oxygen atoms in total. The molecule has 1 aliphatic rings. The first-order valence-electron chi connectivity index (χ1n) is 12.3. The largest absolute Gasteiger partial charge is 0.368 e. The monoisotopic (exact) mass is 493 g/mol. The van der Waals surface area contributed by atoms with Gasteiger partial charge in [-0.3, -0.25) is 14.9 Å². The van der Waals surface area contributed by atoms with Gasteiger partial charge in [-0.05, 0) is 43.3 Å². The van der Waals surface area contributed by atoms with Crippen LogP contribution in [0.3, 0.4) is 0 Å². The maximum atomic E-state index is 13.2. The number of aromatic nitrogens is 4. The predicted octanol–water partition coefficient (Wildman–Crippen LogP) is 3.72. The smallest absolute Gasteiger partial charge is 0.323 e. The molecule has 0 saturated carbocycles. The second-order valence-electron chi connectivity index (χ2n) is 9.16. The van der Waals surface area contributed by atoms with Gasteiger partial charge >= 0.3 is 5.69 Å². The van der Waals surface area contributed by atoms with Crippen molar-refractivity contribution in [3.63, 3.8) is 0 Å². The van der Waals surface area contributed by atoms with Crippen LogP contribution in [0.2, 0.25) is 0 Å². The van der Waals surface area contributed by atoms with Crippen molar-refractivity contribution in [3.05, 3.63) is 105 Å². The topological polar surface area (TPSA) is 105 Å². The minimum absolute atomic E-state index is 0.165. The van der Waals surface area contributed by atoms with E-state index in [0.717, 1.165) is 48.8 Å². The molecule has 0 spiro atoms. The van der Waals surface area contributed by atoms with E-state index < -0.39 is 0 Å². The predicted molar refractivity (Wildman–Crippen MR) is 148 cm³/mol. The average molecular weight is 494 g/mol. The first kappa shape index (κ1) is 22.7. The molecule has 186 valence electrons. The van der Waals surface area contributed by atoms with Crippen LogP contribution in [0.25, 0.3) is 16.7 Å². The highest BCUT2D eigenvalue weighted by atomic mass is 16.1. The lowest BCUT2D eigenvalue weighted by molar-refractivity contribution is 0.654. The molecule has 2 aromatic heterocycles. The quantitative estimate of drug-likeness (QED) is 0.325. The van der Waals surface area contributed by atoms with E-state index in [-0.39, 0.29) is 11.2 Å². The molecule has 1 fully saturated rings. The standard InChI is InChI=1S/C28H27N7O2/c1-19-22(27(36)35(32-19)21-10-6-3-7-11-21)18-29-25-16-23-24(31-28(37)30-23)17-26(25)34-14-12-33(13-15-34)20-8-4-2-5-9-20/h2-11,16-18,32H,12-15H2,1H3,(H2,30,31,37). The number of anilines is 2. The number of fused-ring (bicyclic) bond motifs is 1. The highest BCUT2D eigenvalue weighted by Crippen LogP contribution is 2.33. The van der Waals surface area contributed by atoms with E-state index >= 15 is 0 Å². The first-order chi connectivity index (χ1) is 18.1. The number of imidazole rings is 1. The van der Waals surface area contributed by atoms with Gasteiger partial charge in [-0.15, -0.1) is 0 Å². The van der Waals surface area contributed by atoms with E-state index in [0.29, 0.717) is 16.8 Å². The Bertz CT molecular complexity index is 1690. The number of nitrogens with one attached hydrogen (secondary N) is 3. The van der Waals surface area contributed by atoms with Crippen LogP contribution in [0.5, 0.6) is 0 Å². The Balaban J connectivity index is 1.34. The molecule has 5 aromatic rings. The van der Waals surface area contributed by atoms with Gasteiger partial charge in [0.05, 0.1) is 33.7 Å². The minimum atomic E-state index is -0.261. The van der Waals surface area contributed by atoms with Crippen molar-refractivity contribution in [1.82, 2.24) is 19.7 Å². The third-order valence-electron chi connectivity index (χ3n) is 6.82. The molecule has 0 aliphatic carbocycles. The lowest BCUT2D eigenvalue weighted by atomic mass is 10.1. The molecule has 0 unspecified atom stereocenters. The Morgan fingerprint density at radius 3 is 2.05 bits per heavy atom. The van der Waals surface area contributed by atoms with Crippen molar-refractivity contribution in [2.24, 2.45) is 4.99 Å². The molecule has 9 heteroatoms. The van der Waals surface area contributed by atoms with Crippen molar-refractivity contribution < 1.29 is 0 Å². The molecule has 0 bridgehead atoms. The molecule has 1 saturated heterocycles. The summed E-state index contributed by atoms with van der Waals surface area (Å²) in [4.78, 5) is 40.2. The number of aryl methyl sites for hydroxylation is 1. The molecule has 3 N–H and O–H groups in total. The van der Waals surface area contributed by atoms with Gasteiger partial charge in [0.2, 0.25) is 0 Å². The molecule has 3 heterocycles. The molecule has 1 aliphatic heterocycles.